The van der Waals surface area contributed by atoms with Crippen molar-refractivity contribution >= 4 is 6.09 Å². The van der Waals surface area contributed by atoms with Crippen LogP contribution in [0.3, 0.4) is 0 Å². The fourth-order valence-electron chi connectivity index (χ4n) is 1.67. The molecule has 2 rings (SSSR count). The highest BCUT2D eigenvalue weighted by Gasteiger charge is 2.19. The third kappa shape index (κ3) is 3.06. The van der Waals surface area contributed by atoms with Crippen LogP contribution in [0.15, 0.2) is 22.9 Å². The van der Waals surface area contributed by atoms with Crippen LogP contribution in [-0.4, -0.2) is 26.3 Å². The molecule has 2 heterocycles. The first-order valence-electron chi connectivity index (χ1n) is 5.86. The normalized spacial score (nSPS) is 12.1. The first-order chi connectivity index (χ1) is 9.10. The molecule has 0 saturated heterocycles. The number of carbonyl (C=O) groups is 1. The lowest BCUT2D eigenvalue weighted by molar-refractivity contribution is 0.185. The van der Waals surface area contributed by atoms with Crippen LogP contribution < -0.4 is 5.32 Å². The van der Waals surface area contributed by atoms with Crippen LogP contribution in [0.5, 0.6) is 0 Å². The van der Waals surface area contributed by atoms with E-state index in [1.165, 1.54) is 0 Å². The molecule has 0 radical (unpaired) electrons. The zero-order chi connectivity index (χ0) is 13.8. The molecule has 0 fully saturated rings. The summed E-state index contributed by atoms with van der Waals surface area (Å²) in [6, 6.07) is 3.11. The second-order valence-corrected chi connectivity index (χ2v) is 4.05. The Morgan fingerprint density at radius 2 is 2.37 bits per heavy atom. The number of hydrogen-bond donors (Lipinski definition) is 2. The lowest BCUT2D eigenvalue weighted by Crippen LogP contribution is -2.26. The maximum absolute atomic E-state index is 10.7. The van der Waals surface area contributed by atoms with Gasteiger partial charge in [-0.15, -0.1) is 0 Å². The fraction of sp³-hybridized carbons (Fsp3) is 0.333. The van der Waals surface area contributed by atoms with Crippen molar-refractivity contribution in [2.75, 3.05) is 0 Å². The second-order valence-electron chi connectivity index (χ2n) is 4.05. The Balaban J connectivity index is 2.25. The van der Waals surface area contributed by atoms with Gasteiger partial charge in [-0.2, -0.15) is 4.98 Å². The fourth-order valence-corrected chi connectivity index (χ4v) is 1.67. The van der Waals surface area contributed by atoms with Gasteiger partial charge < -0.3 is 14.9 Å². The van der Waals surface area contributed by atoms with Gasteiger partial charge in [0.25, 0.3) is 0 Å². The standard InChI is InChI=1S/C12H14N4O3/c1-3-9(14-12(17)18)11-15-10(16-19-11)8-4-5-13-7(2)6-8/h4-6,9,14H,3H2,1-2H3,(H,17,18). The van der Waals surface area contributed by atoms with Crippen molar-refractivity contribution in [3.63, 3.8) is 0 Å². The molecule has 0 aliphatic rings. The first-order valence-corrected chi connectivity index (χ1v) is 5.86. The van der Waals surface area contributed by atoms with Gasteiger partial charge in [-0.25, -0.2) is 4.79 Å². The Kier molecular flexibility index (Phi) is 3.74. The van der Waals surface area contributed by atoms with E-state index in [1.54, 1.807) is 12.3 Å². The number of hydrogen-bond acceptors (Lipinski definition) is 5. The zero-order valence-electron chi connectivity index (χ0n) is 10.6. The molecule has 1 amide bonds. The minimum absolute atomic E-state index is 0.259. The summed E-state index contributed by atoms with van der Waals surface area (Å²) in [5.74, 6) is 0.681. The van der Waals surface area contributed by atoms with Crippen LogP contribution >= 0.6 is 0 Å². The Hall–Kier alpha value is -2.44. The summed E-state index contributed by atoms with van der Waals surface area (Å²) in [4.78, 5) is 19.0. The van der Waals surface area contributed by atoms with Crippen molar-refractivity contribution in [2.24, 2.45) is 0 Å². The molecular formula is C12H14N4O3. The van der Waals surface area contributed by atoms with E-state index >= 15 is 0 Å². The molecule has 100 valence electrons. The molecule has 1 atom stereocenters. The largest absolute Gasteiger partial charge is 0.465 e. The van der Waals surface area contributed by atoms with Gasteiger partial charge in [0.2, 0.25) is 11.7 Å². The van der Waals surface area contributed by atoms with E-state index < -0.39 is 12.1 Å². The van der Waals surface area contributed by atoms with E-state index in [4.69, 9.17) is 9.63 Å². The van der Waals surface area contributed by atoms with E-state index in [0.29, 0.717) is 12.2 Å². The summed E-state index contributed by atoms with van der Waals surface area (Å²) in [6.07, 6.45) is 1.07. The lowest BCUT2D eigenvalue weighted by Gasteiger charge is -2.08. The number of nitrogens with zero attached hydrogens (tertiary/aromatic N) is 3. The topological polar surface area (TPSA) is 101 Å². The number of pyridine rings is 1. The quantitative estimate of drug-likeness (QED) is 0.875. The zero-order valence-corrected chi connectivity index (χ0v) is 10.6. The highest BCUT2D eigenvalue weighted by atomic mass is 16.5. The summed E-state index contributed by atoms with van der Waals surface area (Å²) in [7, 11) is 0. The number of amides is 1. The SMILES string of the molecule is CCC(NC(=O)O)c1nc(-c2ccnc(C)c2)no1. The average molecular weight is 262 g/mol. The highest BCUT2D eigenvalue weighted by Crippen LogP contribution is 2.20. The minimum Gasteiger partial charge on any atom is -0.465 e. The van der Waals surface area contributed by atoms with Gasteiger partial charge in [0, 0.05) is 17.5 Å². The predicted octanol–water partition coefficient (Wildman–Crippen LogP) is 2.16. The lowest BCUT2D eigenvalue weighted by atomic mass is 10.2. The number of nitrogens with one attached hydrogen (secondary N) is 1. The van der Waals surface area contributed by atoms with Gasteiger partial charge in [0.15, 0.2) is 0 Å². The molecule has 19 heavy (non-hydrogen) atoms. The maximum Gasteiger partial charge on any atom is 0.405 e. The van der Waals surface area contributed by atoms with Crippen molar-refractivity contribution in [1.29, 1.82) is 0 Å². The second kappa shape index (κ2) is 5.47. The van der Waals surface area contributed by atoms with Crippen LogP contribution in [0.4, 0.5) is 4.79 Å². The molecule has 0 aliphatic heterocycles. The van der Waals surface area contributed by atoms with E-state index in [2.05, 4.69) is 20.4 Å². The molecule has 0 spiro atoms. The summed E-state index contributed by atoms with van der Waals surface area (Å²) in [5.41, 5.74) is 1.63. The molecule has 1 unspecified atom stereocenters. The van der Waals surface area contributed by atoms with Gasteiger partial charge in [0.05, 0.1) is 0 Å². The smallest absolute Gasteiger partial charge is 0.405 e. The van der Waals surface area contributed by atoms with Crippen LogP contribution in [0.2, 0.25) is 0 Å². The van der Waals surface area contributed by atoms with E-state index in [-0.39, 0.29) is 5.89 Å². The maximum atomic E-state index is 10.7. The minimum atomic E-state index is -1.12. The van der Waals surface area contributed by atoms with Gasteiger partial charge >= 0.3 is 6.09 Å². The number of rotatable bonds is 4. The van der Waals surface area contributed by atoms with Crippen molar-refractivity contribution < 1.29 is 14.4 Å². The highest BCUT2D eigenvalue weighted by molar-refractivity contribution is 5.65. The molecule has 0 saturated carbocycles. The molecule has 7 nitrogen and oxygen atoms in total. The van der Waals surface area contributed by atoms with Gasteiger partial charge in [-0.05, 0) is 25.5 Å². The Morgan fingerprint density at radius 3 is 3.00 bits per heavy atom. The van der Waals surface area contributed by atoms with Gasteiger partial charge in [0.1, 0.15) is 6.04 Å². The molecule has 2 N–H and O–H groups in total. The van der Waals surface area contributed by atoms with Crippen molar-refractivity contribution in [2.45, 2.75) is 26.3 Å². The van der Waals surface area contributed by atoms with Crippen LogP contribution in [0.25, 0.3) is 11.4 Å². The van der Waals surface area contributed by atoms with Crippen molar-refractivity contribution in [1.82, 2.24) is 20.4 Å². The molecule has 2 aromatic heterocycles. The Bertz CT molecular complexity index is 582. The van der Waals surface area contributed by atoms with Crippen LogP contribution in [0, 0.1) is 6.92 Å². The number of aromatic nitrogens is 3. The number of carboxylic acid groups (broad SMARTS) is 1. The van der Waals surface area contributed by atoms with Crippen molar-refractivity contribution in [3.8, 4) is 11.4 Å². The predicted molar refractivity (Wildman–Crippen MR) is 66.5 cm³/mol. The third-order valence-electron chi connectivity index (χ3n) is 2.60. The first kappa shape index (κ1) is 13.0. The summed E-state index contributed by atoms with van der Waals surface area (Å²) in [5, 5.41) is 14.9. The average Bonchev–Trinajstić information content (AvgIpc) is 2.85. The Labute approximate surface area is 109 Å². The van der Waals surface area contributed by atoms with Gasteiger partial charge in [-0.1, -0.05) is 12.1 Å². The molecule has 0 aliphatic carbocycles. The third-order valence-corrected chi connectivity index (χ3v) is 2.60. The van der Waals surface area contributed by atoms with E-state index in [1.807, 2.05) is 19.9 Å². The molecular weight excluding hydrogens is 248 g/mol. The summed E-state index contributed by atoms with van der Waals surface area (Å²) < 4.78 is 5.11. The van der Waals surface area contributed by atoms with E-state index in [9.17, 15) is 4.79 Å². The molecule has 0 aromatic carbocycles. The summed E-state index contributed by atoms with van der Waals surface area (Å²) in [6.45, 7) is 3.70. The molecule has 2 aromatic rings. The monoisotopic (exact) mass is 262 g/mol. The summed E-state index contributed by atoms with van der Waals surface area (Å²) >= 11 is 0. The van der Waals surface area contributed by atoms with E-state index in [0.717, 1.165) is 11.3 Å². The number of aryl methyl sites for hydroxylation is 1. The Morgan fingerprint density at radius 1 is 1.58 bits per heavy atom. The van der Waals surface area contributed by atoms with Crippen LogP contribution in [0.1, 0.15) is 31.0 Å². The van der Waals surface area contributed by atoms with Crippen molar-refractivity contribution in [3.05, 3.63) is 29.9 Å². The van der Waals surface area contributed by atoms with Crippen LogP contribution in [-0.2, 0) is 0 Å². The molecule has 0 bridgehead atoms. The van der Waals surface area contributed by atoms with Gasteiger partial charge in [-0.3, -0.25) is 4.98 Å². The molecule has 7 heteroatoms.